The summed E-state index contributed by atoms with van der Waals surface area (Å²) in [6.07, 6.45) is 5.89. The second-order valence-electron chi connectivity index (χ2n) is 5.78. The Balaban J connectivity index is 1.81. The molecule has 0 spiro atoms. The van der Waals surface area contributed by atoms with Crippen molar-refractivity contribution >= 4 is 23.3 Å². The fraction of sp³-hybridized carbons (Fsp3) is 0.375. The van der Waals surface area contributed by atoms with Crippen molar-refractivity contribution in [2.24, 2.45) is 7.05 Å². The Morgan fingerprint density at radius 2 is 2.21 bits per heavy atom. The van der Waals surface area contributed by atoms with Crippen molar-refractivity contribution in [1.29, 1.82) is 0 Å². The molecule has 1 unspecified atom stereocenters. The molecular formula is C16H20N6O2. The Hall–Kier alpha value is -2.90. The average Bonchev–Trinajstić information content (AvgIpc) is 3.02. The molecule has 1 aliphatic rings. The van der Waals surface area contributed by atoms with Gasteiger partial charge in [0.25, 0.3) is 5.91 Å². The molecule has 1 aliphatic heterocycles. The highest BCUT2D eigenvalue weighted by Crippen LogP contribution is 2.27. The topological polar surface area (TPSA) is 92.2 Å². The molecular weight excluding hydrogens is 308 g/mol. The Bertz CT molecular complexity index is 785. The number of rotatable bonds is 4. The molecule has 126 valence electrons. The highest BCUT2D eigenvalue weighted by atomic mass is 16.2. The molecule has 0 aromatic carbocycles. The van der Waals surface area contributed by atoms with E-state index in [0.29, 0.717) is 17.1 Å². The van der Waals surface area contributed by atoms with Crippen molar-refractivity contribution in [3.05, 3.63) is 35.8 Å². The van der Waals surface area contributed by atoms with Gasteiger partial charge in [-0.25, -0.2) is 4.98 Å². The normalized spacial score (nSPS) is 14.8. The number of hydrogen-bond donors (Lipinski definition) is 2. The molecule has 2 N–H and O–H groups in total. The predicted molar refractivity (Wildman–Crippen MR) is 89.8 cm³/mol. The van der Waals surface area contributed by atoms with Crippen molar-refractivity contribution in [1.82, 2.24) is 20.1 Å². The highest BCUT2D eigenvalue weighted by molar-refractivity contribution is 6.03. The number of carbonyl (C=O) groups is 2. The Kier molecular flexibility index (Phi) is 4.20. The van der Waals surface area contributed by atoms with Gasteiger partial charge >= 0.3 is 0 Å². The molecule has 2 aromatic rings. The van der Waals surface area contributed by atoms with E-state index in [4.69, 9.17) is 0 Å². The number of anilines is 2. The summed E-state index contributed by atoms with van der Waals surface area (Å²) in [6, 6.07) is 1.55. The predicted octanol–water partition coefficient (Wildman–Crippen LogP) is 1.08. The van der Waals surface area contributed by atoms with Crippen molar-refractivity contribution in [2.75, 3.05) is 23.8 Å². The summed E-state index contributed by atoms with van der Waals surface area (Å²) in [5, 5.41) is 10.1. The molecule has 8 nitrogen and oxygen atoms in total. The summed E-state index contributed by atoms with van der Waals surface area (Å²) >= 11 is 0. The monoisotopic (exact) mass is 328 g/mol. The molecule has 0 saturated carbocycles. The van der Waals surface area contributed by atoms with E-state index in [1.165, 1.54) is 11.1 Å². The SMILES string of the molecule is CCC(NC(=O)c1cnc2c(c1)N(C)C(=O)CN2)c1cnn(C)c1. The largest absolute Gasteiger partial charge is 0.359 e. The molecule has 0 fully saturated rings. The van der Waals surface area contributed by atoms with Crippen molar-refractivity contribution in [3.8, 4) is 0 Å². The van der Waals surface area contributed by atoms with E-state index in [1.54, 1.807) is 24.0 Å². The van der Waals surface area contributed by atoms with Crippen LogP contribution in [0.1, 0.15) is 35.3 Å². The van der Waals surface area contributed by atoms with E-state index in [2.05, 4.69) is 20.7 Å². The number of nitrogens with zero attached hydrogens (tertiary/aromatic N) is 4. The molecule has 2 aromatic heterocycles. The first-order valence-corrected chi connectivity index (χ1v) is 7.79. The van der Waals surface area contributed by atoms with Crippen molar-refractivity contribution in [3.63, 3.8) is 0 Å². The molecule has 24 heavy (non-hydrogen) atoms. The average molecular weight is 328 g/mol. The van der Waals surface area contributed by atoms with Crippen LogP contribution in [-0.4, -0.2) is 40.2 Å². The third-order valence-electron chi connectivity index (χ3n) is 4.11. The van der Waals surface area contributed by atoms with Crippen LogP contribution >= 0.6 is 0 Å². The van der Waals surface area contributed by atoms with Gasteiger partial charge in [-0.3, -0.25) is 14.3 Å². The molecule has 0 bridgehead atoms. The first-order chi connectivity index (χ1) is 11.5. The minimum Gasteiger partial charge on any atom is -0.359 e. The molecule has 2 amide bonds. The first-order valence-electron chi connectivity index (χ1n) is 7.79. The minimum absolute atomic E-state index is 0.0661. The van der Waals surface area contributed by atoms with Crippen molar-refractivity contribution in [2.45, 2.75) is 19.4 Å². The highest BCUT2D eigenvalue weighted by Gasteiger charge is 2.23. The van der Waals surface area contributed by atoms with E-state index < -0.39 is 0 Å². The lowest BCUT2D eigenvalue weighted by Gasteiger charge is -2.26. The maximum atomic E-state index is 12.6. The van der Waals surface area contributed by atoms with E-state index in [1.807, 2.05) is 20.2 Å². The van der Waals surface area contributed by atoms with Gasteiger partial charge in [-0.1, -0.05) is 6.92 Å². The third kappa shape index (κ3) is 2.94. The maximum Gasteiger partial charge on any atom is 0.253 e. The van der Waals surface area contributed by atoms with Crippen LogP contribution in [0.5, 0.6) is 0 Å². The smallest absolute Gasteiger partial charge is 0.253 e. The zero-order chi connectivity index (χ0) is 17.3. The second-order valence-corrected chi connectivity index (χ2v) is 5.78. The summed E-state index contributed by atoms with van der Waals surface area (Å²) in [5.74, 6) is 0.309. The first kappa shape index (κ1) is 16.0. The zero-order valence-electron chi connectivity index (χ0n) is 13.9. The van der Waals surface area contributed by atoms with Gasteiger partial charge in [0.15, 0.2) is 0 Å². The van der Waals surface area contributed by atoms with E-state index in [9.17, 15) is 9.59 Å². The van der Waals surface area contributed by atoms with E-state index in [-0.39, 0.29) is 24.4 Å². The lowest BCUT2D eigenvalue weighted by Crippen LogP contribution is -2.37. The number of hydrogen-bond acceptors (Lipinski definition) is 5. The lowest BCUT2D eigenvalue weighted by atomic mass is 10.1. The summed E-state index contributed by atoms with van der Waals surface area (Å²) in [5.41, 5.74) is 1.97. The summed E-state index contributed by atoms with van der Waals surface area (Å²) in [6.45, 7) is 2.21. The van der Waals surface area contributed by atoms with Gasteiger partial charge < -0.3 is 15.5 Å². The number of likely N-dealkylation sites (N-methyl/N-ethyl adjacent to an activating group) is 1. The van der Waals surface area contributed by atoms with Crippen LogP contribution in [0.4, 0.5) is 11.5 Å². The molecule has 0 aliphatic carbocycles. The maximum absolute atomic E-state index is 12.6. The zero-order valence-corrected chi connectivity index (χ0v) is 13.9. The second kappa shape index (κ2) is 6.31. The van der Waals surface area contributed by atoms with Gasteiger partial charge in [0.1, 0.15) is 5.82 Å². The molecule has 0 saturated heterocycles. The van der Waals surface area contributed by atoms with Crippen LogP contribution in [0.2, 0.25) is 0 Å². The van der Waals surface area contributed by atoms with E-state index in [0.717, 1.165) is 12.0 Å². The number of fused-ring (bicyclic) bond motifs is 1. The Morgan fingerprint density at radius 1 is 1.42 bits per heavy atom. The number of aromatic nitrogens is 3. The molecule has 1 atom stereocenters. The van der Waals surface area contributed by atoms with Crippen LogP contribution < -0.4 is 15.5 Å². The van der Waals surface area contributed by atoms with Gasteiger partial charge in [-0.15, -0.1) is 0 Å². The number of amides is 2. The summed E-state index contributed by atoms with van der Waals surface area (Å²) in [4.78, 5) is 30.1. The number of carbonyl (C=O) groups excluding carboxylic acids is 2. The van der Waals surface area contributed by atoms with Gasteiger partial charge in [-0.05, 0) is 12.5 Å². The standard InChI is InChI=1S/C16H20N6O2/c1-4-12(11-7-19-21(2)9-11)20-16(24)10-5-13-15(17-6-10)18-8-14(23)22(13)3/h5-7,9,12H,4,8H2,1-3H3,(H,17,18)(H,20,24). The van der Waals surface area contributed by atoms with Gasteiger partial charge in [0, 0.05) is 32.1 Å². The van der Waals surface area contributed by atoms with Gasteiger partial charge in [0.2, 0.25) is 5.91 Å². The fourth-order valence-electron chi connectivity index (χ4n) is 2.66. The molecule has 8 heteroatoms. The third-order valence-corrected chi connectivity index (χ3v) is 4.11. The quantitative estimate of drug-likeness (QED) is 0.876. The molecule has 0 radical (unpaired) electrons. The van der Waals surface area contributed by atoms with Gasteiger partial charge in [0.05, 0.1) is 30.0 Å². The fourth-order valence-corrected chi connectivity index (χ4v) is 2.66. The number of nitrogens with one attached hydrogen (secondary N) is 2. The Morgan fingerprint density at radius 3 is 2.88 bits per heavy atom. The summed E-state index contributed by atoms with van der Waals surface area (Å²) < 4.78 is 1.71. The lowest BCUT2D eigenvalue weighted by molar-refractivity contribution is -0.116. The van der Waals surface area contributed by atoms with Crippen LogP contribution in [0, 0.1) is 0 Å². The van der Waals surface area contributed by atoms with Gasteiger partial charge in [-0.2, -0.15) is 5.10 Å². The van der Waals surface area contributed by atoms with Crippen LogP contribution in [0.25, 0.3) is 0 Å². The number of aryl methyl sites for hydroxylation is 1. The van der Waals surface area contributed by atoms with Crippen LogP contribution in [0.3, 0.4) is 0 Å². The van der Waals surface area contributed by atoms with Crippen LogP contribution in [-0.2, 0) is 11.8 Å². The summed E-state index contributed by atoms with van der Waals surface area (Å²) in [7, 11) is 3.52. The van der Waals surface area contributed by atoms with Crippen molar-refractivity contribution < 1.29 is 9.59 Å². The Labute approximate surface area is 139 Å². The molecule has 3 heterocycles. The minimum atomic E-state index is -0.229. The van der Waals surface area contributed by atoms with Crippen LogP contribution in [0.15, 0.2) is 24.7 Å². The van der Waals surface area contributed by atoms with E-state index >= 15 is 0 Å². The number of pyridine rings is 1. The molecule has 3 rings (SSSR count).